The number of fused-ring (bicyclic) bond motifs is 1. The number of carbonyl (C=O) groups is 2. The van der Waals surface area contributed by atoms with E-state index in [9.17, 15) is 9.59 Å². The molecule has 2 aromatic rings. The van der Waals surface area contributed by atoms with Crippen LogP contribution in [0, 0.1) is 0 Å². The number of carbonyl (C=O) groups excluding carboxylic acids is 2. The van der Waals surface area contributed by atoms with E-state index in [0.717, 1.165) is 5.69 Å². The molecule has 0 atom stereocenters. The summed E-state index contributed by atoms with van der Waals surface area (Å²) in [5.74, 6) is 0.0630. The van der Waals surface area contributed by atoms with Gasteiger partial charge in [0.1, 0.15) is 5.60 Å². The van der Waals surface area contributed by atoms with Crippen molar-refractivity contribution < 1.29 is 14.3 Å². The van der Waals surface area contributed by atoms with Gasteiger partial charge in [0, 0.05) is 35.7 Å². The van der Waals surface area contributed by atoms with Crippen molar-refractivity contribution in [1.29, 1.82) is 0 Å². The lowest BCUT2D eigenvalue weighted by Gasteiger charge is -2.29. The van der Waals surface area contributed by atoms with Crippen molar-refractivity contribution in [1.82, 2.24) is 14.5 Å². The Morgan fingerprint density at radius 3 is 2.67 bits per heavy atom. The molecule has 0 spiro atoms. The first-order chi connectivity index (χ1) is 12.6. The van der Waals surface area contributed by atoms with Crippen LogP contribution < -0.4 is 0 Å². The molecule has 0 fully saturated rings. The fraction of sp³-hybridized carbons (Fsp3) is 0.421. The zero-order valence-electron chi connectivity index (χ0n) is 15.7. The highest BCUT2D eigenvalue weighted by Crippen LogP contribution is 2.29. The minimum Gasteiger partial charge on any atom is -0.444 e. The Kier molecular flexibility index (Phi) is 5.36. The van der Waals surface area contributed by atoms with Gasteiger partial charge in [0.2, 0.25) is 5.78 Å². The monoisotopic (exact) mass is 453 g/mol. The molecule has 27 heavy (non-hydrogen) atoms. The number of hydrogen-bond acceptors (Lipinski definition) is 4. The van der Waals surface area contributed by atoms with Gasteiger partial charge in [-0.15, -0.1) is 0 Å². The lowest BCUT2D eigenvalue weighted by Crippen LogP contribution is -2.40. The number of hydrogen-bond donors (Lipinski definition) is 0. The van der Waals surface area contributed by atoms with E-state index in [1.165, 1.54) is 0 Å². The number of aromatic nitrogens is 2. The Morgan fingerprint density at radius 1 is 1.30 bits per heavy atom. The summed E-state index contributed by atoms with van der Waals surface area (Å²) in [6, 6.07) is 5.22. The predicted octanol–water partition coefficient (Wildman–Crippen LogP) is 4.36. The van der Waals surface area contributed by atoms with Gasteiger partial charge in [-0.25, -0.2) is 9.78 Å². The molecule has 0 saturated heterocycles. The van der Waals surface area contributed by atoms with Gasteiger partial charge in [0.25, 0.3) is 0 Å². The van der Waals surface area contributed by atoms with Crippen LogP contribution in [0.3, 0.4) is 0 Å². The molecule has 2 heterocycles. The van der Waals surface area contributed by atoms with Gasteiger partial charge in [0.15, 0.2) is 5.82 Å². The van der Waals surface area contributed by atoms with Crippen molar-refractivity contribution in [2.24, 2.45) is 7.05 Å². The Balaban J connectivity index is 1.88. The third kappa shape index (κ3) is 4.04. The third-order valence-electron chi connectivity index (χ3n) is 4.31. The lowest BCUT2D eigenvalue weighted by atomic mass is 10.1. The van der Waals surface area contributed by atoms with Gasteiger partial charge in [-0.1, -0.05) is 17.7 Å². The molecular weight excluding hydrogens is 434 g/mol. The third-order valence-corrected chi connectivity index (χ3v) is 5.60. The maximum Gasteiger partial charge on any atom is 0.410 e. The molecule has 1 aliphatic heterocycles. The van der Waals surface area contributed by atoms with Crippen LogP contribution in [-0.2, 0) is 24.8 Å². The SMILES string of the molecule is Cn1c(C(=O)c2cccc(Br)c2Cl)nc2c1CCN(C(=O)OC(C)(C)C)C2. The van der Waals surface area contributed by atoms with E-state index in [-0.39, 0.29) is 11.9 Å². The normalized spacial score (nSPS) is 14.1. The number of ether oxygens (including phenoxy) is 1. The molecule has 8 heteroatoms. The summed E-state index contributed by atoms with van der Waals surface area (Å²) in [4.78, 5) is 31.4. The van der Waals surface area contributed by atoms with Crippen molar-refractivity contribution in [2.45, 2.75) is 39.3 Å². The Hall–Kier alpha value is -1.86. The summed E-state index contributed by atoms with van der Waals surface area (Å²) < 4.78 is 7.89. The van der Waals surface area contributed by atoms with Gasteiger partial charge in [-0.2, -0.15) is 0 Å². The standard InChI is InChI=1S/C19H21BrClN3O3/c1-19(2,3)27-18(26)24-9-8-14-13(10-24)22-17(23(14)4)16(25)11-6-5-7-12(20)15(11)21/h5-7H,8-10H2,1-4H3. The van der Waals surface area contributed by atoms with Crippen molar-refractivity contribution >= 4 is 39.4 Å². The maximum atomic E-state index is 13.0. The van der Waals surface area contributed by atoms with Crippen molar-refractivity contribution in [3.05, 3.63) is 50.5 Å². The minimum absolute atomic E-state index is 0.248. The lowest BCUT2D eigenvalue weighted by molar-refractivity contribution is 0.0220. The molecule has 1 aromatic heterocycles. The first-order valence-electron chi connectivity index (χ1n) is 8.59. The van der Waals surface area contributed by atoms with Crippen LogP contribution in [0.5, 0.6) is 0 Å². The Bertz CT molecular complexity index is 918. The van der Waals surface area contributed by atoms with E-state index in [4.69, 9.17) is 16.3 Å². The Labute approximate surface area is 171 Å². The van der Waals surface area contributed by atoms with Crippen LogP contribution in [0.1, 0.15) is 48.3 Å². The zero-order valence-corrected chi connectivity index (χ0v) is 18.0. The smallest absolute Gasteiger partial charge is 0.410 e. The van der Waals surface area contributed by atoms with Crippen LogP contribution in [-0.4, -0.2) is 38.5 Å². The van der Waals surface area contributed by atoms with E-state index in [2.05, 4.69) is 20.9 Å². The zero-order chi connectivity index (χ0) is 19.9. The number of halogens is 2. The number of ketones is 1. The fourth-order valence-corrected chi connectivity index (χ4v) is 3.59. The molecule has 0 unspecified atom stereocenters. The highest BCUT2D eigenvalue weighted by molar-refractivity contribution is 9.10. The molecule has 6 nitrogen and oxygen atoms in total. The molecule has 0 bridgehead atoms. The summed E-state index contributed by atoms with van der Waals surface area (Å²) in [5, 5.41) is 0.360. The second-order valence-electron chi connectivity index (χ2n) is 7.47. The van der Waals surface area contributed by atoms with E-state index in [1.54, 1.807) is 27.7 Å². The van der Waals surface area contributed by atoms with Gasteiger partial charge in [-0.3, -0.25) is 4.79 Å². The number of rotatable bonds is 2. The molecule has 1 aliphatic rings. The molecule has 0 N–H and O–H groups in total. The maximum absolute atomic E-state index is 13.0. The minimum atomic E-state index is -0.556. The molecule has 1 amide bonds. The molecular formula is C19H21BrClN3O3. The summed E-state index contributed by atoms with van der Waals surface area (Å²) >= 11 is 9.61. The van der Waals surface area contributed by atoms with Crippen molar-refractivity contribution in [3.8, 4) is 0 Å². The van der Waals surface area contributed by atoms with E-state index >= 15 is 0 Å². The highest BCUT2D eigenvalue weighted by atomic mass is 79.9. The molecule has 144 valence electrons. The molecule has 3 rings (SSSR count). The number of imidazole rings is 1. The first-order valence-corrected chi connectivity index (χ1v) is 9.76. The Morgan fingerprint density at radius 2 is 2.00 bits per heavy atom. The van der Waals surface area contributed by atoms with Crippen molar-refractivity contribution in [2.75, 3.05) is 6.54 Å². The van der Waals surface area contributed by atoms with E-state index in [1.807, 2.05) is 27.8 Å². The van der Waals surface area contributed by atoms with E-state index in [0.29, 0.717) is 46.1 Å². The topological polar surface area (TPSA) is 64.4 Å². The predicted molar refractivity (Wildman–Crippen MR) is 106 cm³/mol. The number of amides is 1. The molecule has 0 saturated carbocycles. The van der Waals surface area contributed by atoms with E-state index < -0.39 is 5.60 Å². The average Bonchev–Trinajstić information content (AvgIpc) is 2.91. The van der Waals surface area contributed by atoms with Crippen LogP contribution in [0.15, 0.2) is 22.7 Å². The quantitative estimate of drug-likeness (QED) is 0.633. The second-order valence-corrected chi connectivity index (χ2v) is 8.70. The largest absolute Gasteiger partial charge is 0.444 e. The van der Waals surface area contributed by atoms with Crippen LogP contribution in [0.4, 0.5) is 4.79 Å². The highest BCUT2D eigenvalue weighted by Gasteiger charge is 2.30. The summed E-state index contributed by atoms with van der Waals surface area (Å²) in [6.45, 7) is 6.34. The molecule has 0 radical (unpaired) electrons. The first kappa shape index (κ1) is 19.9. The van der Waals surface area contributed by atoms with Gasteiger partial charge >= 0.3 is 6.09 Å². The summed E-state index contributed by atoms with van der Waals surface area (Å²) in [7, 11) is 1.81. The fourth-order valence-electron chi connectivity index (χ4n) is 3.01. The van der Waals surface area contributed by atoms with Gasteiger partial charge in [0.05, 0.1) is 17.3 Å². The number of benzene rings is 1. The van der Waals surface area contributed by atoms with Crippen LogP contribution in [0.25, 0.3) is 0 Å². The molecule has 0 aliphatic carbocycles. The summed E-state index contributed by atoms with van der Waals surface area (Å²) in [5.41, 5.74) is 1.49. The number of nitrogens with zero attached hydrogens (tertiary/aromatic N) is 3. The summed E-state index contributed by atoms with van der Waals surface area (Å²) in [6.07, 6.45) is 0.235. The van der Waals surface area contributed by atoms with Gasteiger partial charge < -0.3 is 14.2 Å². The molecule has 1 aromatic carbocycles. The average molecular weight is 455 g/mol. The second kappa shape index (κ2) is 7.28. The van der Waals surface area contributed by atoms with Gasteiger partial charge in [-0.05, 0) is 48.8 Å². The van der Waals surface area contributed by atoms with Crippen LogP contribution >= 0.6 is 27.5 Å². The van der Waals surface area contributed by atoms with Crippen molar-refractivity contribution in [3.63, 3.8) is 0 Å². The van der Waals surface area contributed by atoms with Crippen LogP contribution in [0.2, 0.25) is 5.02 Å².